The molecular formula is C12H17ClN2O. The van der Waals surface area contributed by atoms with Crippen LogP contribution in [0.15, 0.2) is 18.3 Å². The van der Waals surface area contributed by atoms with E-state index in [1.165, 1.54) is 5.56 Å². The molecule has 0 saturated carbocycles. The monoisotopic (exact) mass is 240 g/mol. The van der Waals surface area contributed by atoms with Crippen LogP contribution in [-0.4, -0.2) is 35.2 Å². The van der Waals surface area contributed by atoms with Crippen LogP contribution in [0.3, 0.4) is 0 Å². The Hall–Kier alpha value is -0.640. The second-order valence-electron chi connectivity index (χ2n) is 4.44. The molecule has 0 aromatic carbocycles. The van der Waals surface area contributed by atoms with Crippen molar-refractivity contribution in [1.29, 1.82) is 0 Å². The minimum atomic E-state index is 0.309. The zero-order valence-electron chi connectivity index (χ0n) is 9.69. The Labute approximate surface area is 101 Å². The van der Waals surface area contributed by atoms with Crippen LogP contribution < -0.4 is 0 Å². The number of halogens is 1. The highest BCUT2D eigenvalue weighted by Crippen LogP contribution is 2.14. The van der Waals surface area contributed by atoms with Gasteiger partial charge in [-0.05, 0) is 25.5 Å². The summed E-state index contributed by atoms with van der Waals surface area (Å²) >= 11 is 5.76. The van der Waals surface area contributed by atoms with E-state index in [0.717, 1.165) is 19.6 Å². The molecule has 0 unspecified atom stereocenters. The maximum Gasteiger partial charge on any atom is 0.129 e. The van der Waals surface area contributed by atoms with Crippen molar-refractivity contribution in [2.75, 3.05) is 13.1 Å². The number of rotatable bonds is 2. The first kappa shape index (κ1) is 11.8. The SMILES string of the molecule is C[C@@H]1CN(Cc2ccc(Cl)nc2)C[C@@H](C)O1. The fraction of sp³-hybridized carbons (Fsp3) is 0.583. The summed E-state index contributed by atoms with van der Waals surface area (Å²) in [6, 6.07) is 3.87. The average molecular weight is 241 g/mol. The quantitative estimate of drug-likeness (QED) is 0.742. The molecule has 88 valence electrons. The van der Waals surface area contributed by atoms with Crippen LogP contribution in [0.2, 0.25) is 5.15 Å². The highest BCUT2D eigenvalue weighted by molar-refractivity contribution is 6.29. The van der Waals surface area contributed by atoms with Gasteiger partial charge in [-0.1, -0.05) is 17.7 Å². The molecule has 16 heavy (non-hydrogen) atoms. The minimum absolute atomic E-state index is 0.309. The molecule has 0 amide bonds. The van der Waals surface area contributed by atoms with Crippen LogP contribution in [0, 0.1) is 0 Å². The summed E-state index contributed by atoms with van der Waals surface area (Å²) < 4.78 is 5.69. The van der Waals surface area contributed by atoms with Crippen molar-refractivity contribution in [2.24, 2.45) is 0 Å². The summed E-state index contributed by atoms with van der Waals surface area (Å²) in [7, 11) is 0. The number of aromatic nitrogens is 1. The first-order chi connectivity index (χ1) is 7.63. The Morgan fingerprint density at radius 1 is 1.38 bits per heavy atom. The second-order valence-corrected chi connectivity index (χ2v) is 4.83. The Kier molecular flexibility index (Phi) is 3.79. The van der Waals surface area contributed by atoms with E-state index in [1.807, 2.05) is 18.3 Å². The average Bonchev–Trinajstić information content (AvgIpc) is 2.20. The molecule has 0 bridgehead atoms. The lowest BCUT2D eigenvalue weighted by molar-refractivity contribution is -0.0705. The molecule has 0 radical (unpaired) electrons. The normalized spacial score (nSPS) is 26.9. The molecular weight excluding hydrogens is 224 g/mol. The van der Waals surface area contributed by atoms with Gasteiger partial charge in [0.05, 0.1) is 12.2 Å². The fourth-order valence-corrected chi connectivity index (χ4v) is 2.28. The zero-order valence-corrected chi connectivity index (χ0v) is 10.4. The molecule has 1 fully saturated rings. The number of morpholine rings is 1. The molecule has 1 aromatic heterocycles. The number of hydrogen-bond donors (Lipinski definition) is 0. The molecule has 1 saturated heterocycles. The van der Waals surface area contributed by atoms with E-state index in [1.54, 1.807) is 0 Å². The van der Waals surface area contributed by atoms with E-state index in [-0.39, 0.29) is 0 Å². The van der Waals surface area contributed by atoms with Crippen molar-refractivity contribution in [3.8, 4) is 0 Å². The van der Waals surface area contributed by atoms with Crippen molar-refractivity contribution in [2.45, 2.75) is 32.6 Å². The van der Waals surface area contributed by atoms with Crippen LogP contribution in [0.25, 0.3) is 0 Å². The zero-order chi connectivity index (χ0) is 11.5. The summed E-state index contributed by atoms with van der Waals surface area (Å²) in [5, 5.41) is 0.549. The number of hydrogen-bond acceptors (Lipinski definition) is 3. The summed E-state index contributed by atoms with van der Waals surface area (Å²) in [5.41, 5.74) is 1.20. The van der Waals surface area contributed by atoms with Crippen LogP contribution in [-0.2, 0) is 11.3 Å². The van der Waals surface area contributed by atoms with Gasteiger partial charge in [0.25, 0.3) is 0 Å². The molecule has 2 rings (SSSR count). The van der Waals surface area contributed by atoms with E-state index in [9.17, 15) is 0 Å². The third kappa shape index (κ3) is 3.17. The van der Waals surface area contributed by atoms with Crippen LogP contribution in [0.4, 0.5) is 0 Å². The fourth-order valence-electron chi connectivity index (χ4n) is 2.17. The molecule has 2 atom stereocenters. The Morgan fingerprint density at radius 3 is 2.62 bits per heavy atom. The molecule has 0 spiro atoms. The van der Waals surface area contributed by atoms with Crippen molar-refractivity contribution >= 4 is 11.6 Å². The van der Waals surface area contributed by atoms with E-state index < -0.39 is 0 Å². The summed E-state index contributed by atoms with van der Waals surface area (Å²) in [4.78, 5) is 6.48. The molecule has 0 aliphatic carbocycles. The highest BCUT2D eigenvalue weighted by Gasteiger charge is 2.21. The van der Waals surface area contributed by atoms with E-state index >= 15 is 0 Å². The van der Waals surface area contributed by atoms with Gasteiger partial charge in [-0.15, -0.1) is 0 Å². The van der Waals surface area contributed by atoms with E-state index in [0.29, 0.717) is 17.4 Å². The van der Waals surface area contributed by atoms with Crippen LogP contribution in [0.5, 0.6) is 0 Å². The largest absolute Gasteiger partial charge is 0.373 e. The van der Waals surface area contributed by atoms with Gasteiger partial charge in [-0.3, -0.25) is 4.90 Å². The molecule has 4 heteroatoms. The van der Waals surface area contributed by atoms with Gasteiger partial charge in [0.15, 0.2) is 0 Å². The Morgan fingerprint density at radius 2 is 2.06 bits per heavy atom. The predicted molar refractivity (Wildman–Crippen MR) is 64.5 cm³/mol. The first-order valence-electron chi connectivity index (χ1n) is 5.61. The van der Waals surface area contributed by atoms with Gasteiger partial charge in [-0.2, -0.15) is 0 Å². The van der Waals surface area contributed by atoms with Gasteiger partial charge in [0, 0.05) is 25.8 Å². The summed E-state index contributed by atoms with van der Waals surface area (Å²) in [6.07, 6.45) is 2.46. The van der Waals surface area contributed by atoms with Gasteiger partial charge in [-0.25, -0.2) is 4.98 Å². The van der Waals surface area contributed by atoms with E-state index in [2.05, 4.69) is 23.7 Å². The number of pyridine rings is 1. The summed E-state index contributed by atoms with van der Waals surface area (Å²) in [5.74, 6) is 0. The lowest BCUT2D eigenvalue weighted by Gasteiger charge is -2.35. The molecule has 3 nitrogen and oxygen atoms in total. The topological polar surface area (TPSA) is 25.4 Å². The van der Waals surface area contributed by atoms with Crippen LogP contribution in [0.1, 0.15) is 19.4 Å². The van der Waals surface area contributed by atoms with Crippen molar-refractivity contribution in [3.63, 3.8) is 0 Å². The number of ether oxygens (including phenoxy) is 1. The third-order valence-electron chi connectivity index (χ3n) is 2.69. The van der Waals surface area contributed by atoms with Crippen molar-refractivity contribution in [1.82, 2.24) is 9.88 Å². The Balaban J connectivity index is 1.96. The van der Waals surface area contributed by atoms with E-state index in [4.69, 9.17) is 16.3 Å². The standard InChI is InChI=1S/C12H17ClN2O/c1-9-6-15(7-10(2)16-9)8-11-3-4-12(13)14-5-11/h3-5,9-10H,6-8H2,1-2H3/t9-,10-/m1/s1. The maximum atomic E-state index is 5.76. The molecule has 1 aromatic rings. The van der Waals surface area contributed by atoms with Crippen LogP contribution >= 0.6 is 11.6 Å². The molecule has 1 aliphatic rings. The maximum absolute atomic E-state index is 5.76. The smallest absolute Gasteiger partial charge is 0.129 e. The van der Waals surface area contributed by atoms with Gasteiger partial charge in [0.2, 0.25) is 0 Å². The van der Waals surface area contributed by atoms with Crippen molar-refractivity contribution in [3.05, 3.63) is 29.0 Å². The third-order valence-corrected chi connectivity index (χ3v) is 2.91. The lowest BCUT2D eigenvalue weighted by Crippen LogP contribution is -2.44. The first-order valence-corrected chi connectivity index (χ1v) is 5.99. The summed E-state index contributed by atoms with van der Waals surface area (Å²) in [6.45, 7) is 7.10. The second kappa shape index (κ2) is 5.13. The molecule has 0 N–H and O–H groups in total. The Bertz CT molecular complexity index is 331. The van der Waals surface area contributed by atoms with Gasteiger partial charge < -0.3 is 4.74 Å². The minimum Gasteiger partial charge on any atom is -0.373 e. The van der Waals surface area contributed by atoms with Gasteiger partial charge in [0.1, 0.15) is 5.15 Å². The highest BCUT2D eigenvalue weighted by atomic mass is 35.5. The van der Waals surface area contributed by atoms with Gasteiger partial charge >= 0.3 is 0 Å². The lowest BCUT2D eigenvalue weighted by atomic mass is 10.2. The van der Waals surface area contributed by atoms with Crippen molar-refractivity contribution < 1.29 is 4.74 Å². The molecule has 1 aliphatic heterocycles. The number of nitrogens with zero attached hydrogens (tertiary/aromatic N) is 2. The molecule has 2 heterocycles. The predicted octanol–water partition coefficient (Wildman–Crippen LogP) is 2.34.